The number of nitrogens with zero attached hydrogens (tertiary/aromatic N) is 1. The molecule has 0 aliphatic carbocycles. The van der Waals surface area contributed by atoms with Crippen LogP contribution < -0.4 is 0 Å². The summed E-state index contributed by atoms with van der Waals surface area (Å²) < 4.78 is 21.0. The van der Waals surface area contributed by atoms with Crippen molar-refractivity contribution in [1.29, 1.82) is 0 Å². The van der Waals surface area contributed by atoms with Crippen LogP contribution >= 0.6 is 15.9 Å². The standard InChI is InChI=1S/C31H27BrFNO3/c1-36-34-21-29(33)30(28(32)20-26-14-8-9-15-27(26)24-12-6-3-7-13-24)37-31(35)25-18-16-23(17-19-25)22-10-4-2-5-11-22/h2-19,21,28-30H,20H2,1H3/t28-,29+,30+/m0/s1. The number of hydrogen-bond donors (Lipinski definition) is 0. The Hall–Kier alpha value is -3.77. The van der Waals surface area contributed by atoms with Crippen molar-refractivity contribution in [3.63, 3.8) is 0 Å². The third-order valence-electron chi connectivity index (χ3n) is 5.97. The molecule has 0 spiro atoms. The number of halogens is 2. The van der Waals surface area contributed by atoms with E-state index in [1.165, 1.54) is 7.11 Å². The van der Waals surface area contributed by atoms with E-state index in [0.717, 1.165) is 34.0 Å². The van der Waals surface area contributed by atoms with E-state index in [2.05, 4.69) is 25.9 Å². The predicted molar refractivity (Wildman–Crippen MR) is 150 cm³/mol. The quantitative estimate of drug-likeness (QED) is 0.0873. The van der Waals surface area contributed by atoms with Gasteiger partial charge in [0.1, 0.15) is 7.11 Å². The van der Waals surface area contributed by atoms with Crippen LogP contribution in [0.1, 0.15) is 15.9 Å². The van der Waals surface area contributed by atoms with Crippen LogP contribution in [-0.2, 0) is 16.0 Å². The van der Waals surface area contributed by atoms with Gasteiger partial charge in [-0.15, -0.1) is 0 Å². The lowest BCUT2D eigenvalue weighted by Crippen LogP contribution is -2.38. The summed E-state index contributed by atoms with van der Waals surface area (Å²) in [6, 6.07) is 34.8. The fourth-order valence-electron chi connectivity index (χ4n) is 4.09. The molecule has 4 aromatic carbocycles. The van der Waals surface area contributed by atoms with Crippen LogP contribution in [0.5, 0.6) is 0 Å². The maximum absolute atomic E-state index is 15.3. The first-order chi connectivity index (χ1) is 18.1. The molecule has 4 nitrogen and oxygen atoms in total. The minimum atomic E-state index is -1.68. The summed E-state index contributed by atoms with van der Waals surface area (Å²) >= 11 is 3.60. The summed E-state index contributed by atoms with van der Waals surface area (Å²) in [5.41, 5.74) is 5.44. The van der Waals surface area contributed by atoms with Crippen LogP contribution in [0.2, 0.25) is 0 Å². The van der Waals surface area contributed by atoms with Crippen LogP contribution in [-0.4, -0.2) is 36.4 Å². The van der Waals surface area contributed by atoms with Gasteiger partial charge in [0.2, 0.25) is 0 Å². The summed E-state index contributed by atoms with van der Waals surface area (Å²) in [7, 11) is 1.33. The minimum Gasteiger partial charge on any atom is -0.454 e. The largest absolute Gasteiger partial charge is 0.454 e. The molecule has 4 aromatic rings. The first-order valence-electron chi connectivity index (χ1n) is 11.9. The van der Waals surface area contributed by atoms with Crippen molar-refractivity contribution in [2.24, 2.45) is 5.16 Å². The van der Waals surface area contributed by atoms with Gasteiger partial charge in [-0.1, -0.05) is 118 Å². The van der Waals surface area contributed by atoms with E-state index in [9.17, 15) is 4.79 Å². The summed E-state index contributed by atoms with van der Waals surface area (Å²) in [5.74, 6) is -0.612. The summed E-state index contributed by atoms with van der Waals surface area (Å²) in [6.07, 6.45) is -1.38. The van der Waals surface area contributed by atoms with Crippen molar-refractivity contribution in [3.8, 4) is 22.3 Å². The van der Waals surface area contributed by atoms with E-state index in [4.69, 9.17) is 4.74 Å². The molecule has 0 amide bonds. The van der Waals surface area contributed by atoms with E-state index in [1.807, 2.05) is 97.1 Å². The zero-order valence-corrected chi connectivity index (χ0v) is 21.9. The Bertz CT molecular complexity index is 1310. The minimum absolute atomic E-state index is 0.338. The van der Waals surface area contributed by atoms with Crippen LogP contribution in [0.4, 0.5) is 4.39 Å². The second kappa shape index (κ2) is 13.0. The Morgan fingerprint density at radius 3 is 2.05 bits per heavy atom. The van der Waals surface area contributed by atoms with Gasteiger partial charge >= 0.3 is 5.97 Å². The highest BCUT2D eigenvalue weighted by Crippen LogP contribution is 2.29. The number of hydrogen-bond acceptors (Lipinski definition) is 4. The number of rotatable bonds is 10. The van der Waals surface area contributed by atoms with E-state index in [0.29, 0.717) is 12.0 Å². The average molecular weight is 560 g/mol. The third-order valence-corrected chi connectivity index (χ3v) is 6.81. The number of carbonyl (C=O) groups excluding carboxylic acids is 1. The summed E-state index contributed by atoms with van der Waals surface area (Å²) in [6.45, 7) is 0. The molecule has 3 atom stereocenters. The Balaban J connectivity index is 1.54. The van der Waals surface area contributed by atoms with E-state index < -0.39 is 23.1 Å². The summed E-state index contributed by atoms with van der Waals surface area (Å²) in [4.78, 5) is 17.2. The smallest absolute Gasteiger partial charge is 0.338 e. The molecule has 0 saturated heterocycles. The Kier molecular flexibility index (Phi) is 9.22. The second-order valence-electron chi connectivity index (χ2n) is 8.44. The van der Waals surface area contributed by atoms with Gasteiger partial charge in [0, 0.05) is 0 Å². The van der Waals surface area contributed by atoms with Gasteiger partial charge in [-0.2, -0.15) is 0 Å². The Morgan fingerprint density at radius 2 is 1.41 bits per heavy atom. The first-order valence-corrected chi connectivity index (χ1v) is 12.8. The van der Waals surface area contributed by atoms with Gasteiger partial charge in [-0.05, 0) is 46.4 Å². The predicted octanol–water partition coefficient (Wildman–Crippen LogP) is 7.52. The zero-order chi connectivity index (χ0) is 26.0. The highest BCUT2D eigenvalue weighted by molar-refractivity contribution is 9.09. The number of oxime groups is 1. The third kappa shape index (κ3) is 6.92. The molecule has 0 aliphatic heterocycles. The van der Waals surface area contributed by atoms with Gasteiger partial charge in [0.25, 0.3) is 0 Å². The number of carbonyl (C=O) groups is 1. The number of ether oxygens (including phenoxy) is 1. The number of alkyl halides is 2. The van der Waals surface area contributed by atoms with E-state index in [1.54, 1.807) is 12.1 Å². The molecule has 0 unspecified atom stereocenters. The lowest BCUT2D eigenvalue weighted by molar-refractivity contribution is 0.0169. The summed E-state index contributed by atoms with van der Waals surface area (Å²) in [5, 5.41) is 3.56. The molecule has 188 valence electrons. The molecule has 0 heterocycles. The number of benzene rings is 4. The molecule has 0 saturated carbocycles. The zero-order valence-electron chi connectivity index (χ0n) is 20.3. The van der Waals surface area contributed by atoms with Crippen molar-refractivity contribution in [2.45, 2.75) is 23.5 Å². The molecule has 0 radical (unpaired) electrons. The van der Waals surface area contributed by atoms with Crippen LogP contribution in [0, 0.1) is 0 Å². The SMILES string of the molecule is CON=C[C@@H](F)[C@H](OC(=O)c1ccc(-c2ccccc2)cc1)[C@@H](Br)Cc1ccccc1-c1ccccc1. The van der Waals surface area contributed by atoms with Crippen LogP contribution in [0.3, 0.4) is 0 Å². The molecule has 0 N–H and O–H groups in total. The molecule has 0 aromatic heterocycles. The fourth-order valence-corrected chi connectivity index (χ4v) is 4.84. The van der Waals surface area contributed by atoms with Gasteiger partial charge in [0.15, 0.2) is 12.3 Å². The van der Waals surface area contributed by atoms with E-state index >= 15 is 4.39 Å². The molecule has 0 fully saturated rings. The molecule has 6 heteroatoms. The molecule has 0 aliphatic rings. The lowest BCUT2D eigenvalue weighted by Gasteiger charge is -2.25. The molecule has 0 bridgehead atoms. The van der Waals surface area contributed by atoms with Gasteiger partial charge in [0.05, 0.1) is 16.6 Å². The second-order valence-corrected chi connectivity index (χ2v) is 9.61. The maximum atomic E-state index is 15.3. The normalized spacial score (nSPS) is 13.6. The van der Waals surface area contributed by atoms with Crippen LogP contribution in [0.25, 0.3) is 22.3 Å². The highest BCUT2D eigenvalue weighted by Gasteiger charge is 2.32. The van der Waals surface area contributed by atoms with Gasteiger partial charge < -0.3 is 9.57 Å². The average Bonchev–Trinajstić information content (AvgIpc) is 2.95. The van der Waals surface area contributed by atoms with Gasteiger partial charge in [-0.3, -0.25) is 0 Å². The Labute approximate surface area is 224 Å². The fraction of sp³-hybridized carbons (Fsp3) is 0.161. The maximum Gasteiger partial charge on any atom is 0.338 e. The van der Waals surface area contributed by atoms with Crippen molar-refractivity contribution in [2.75, 3.05) is 7.11 Å². The van der Waals surface area contributed by atoms with E-state index in [-0.39, 0.29) is 0 Å². The monoisotopic (exact) mass is 559 g/mol. The molecular formula is C31H27BrFNO3. The molecule has 37 heavy (non-hydrogen) atoms. The molecule has 4 rings (SSSR count). The van der Waals surface area contributed by atoms with Crippen molar-refractivity contribution >= 4 is 28.1 Å². The van der Waals surface area contributed by atoms with Gasteiger partial charge in [-0.25, -0.2) is 9.18 Å². The Morgan fingerprint density at radius 1 is 0.838 bits per heavy atom. The van der Waals surface area contributed by atoms with Crippen molar-refractivity contribution < 1.29 is 18.8 Å². The first kappa shape index (κ1) is 26.3. The lowest BCUT2D eigenvalue weighted by atomic mass is 9.95. The molecular weight excluding hydrogens is 533 g/mol. The topological polar surface area (TPSA) is 47.9 Å². The number of esters is 1. The highest BCUT2D eigenvalue weighted by atomic mass is 79.9. The van der Waals surface area contributed by atoms with Crippen LogP contribution in [0.15, 0.2) is 114 Å². The van der Waals surface area contributed by atoms with Crippen molar-refractivity contribution in [3.05, 3.63) is 120 Å². The van der Waals surface area contributed by atoms with Crippen molar-refractivity contribution in [1.82, 2.24) is 0 Å².